The minimum atomic E-state index is -3.53. The van der Waals surface area contributed by atoms with Crippen LogP contribution in [0.4, 0.5) is 4.79 Å². The fraction of sp³-hybridized carbons (Fsp3) is 0.500. The Bertz CT molecular complexity index is 1250. The predicted octanol–water partition coefficient (Wildman–Crippen LogP) is 2.41. The summed E-state index contributed by atoms with van der Waals surface area (Å²) in [5.41, 5.74) is 3.03. The summed E-state index contributed by atoms with van der Waals surface area (Å²) in [6, 6.07) is 4.16. The second-order valence-electron chi connectivity index (χ2n) is 8.99. The van der Waals surface area contributed by atoms with E-state index < -0.39 is 10.0 Å². The van der Waals surface area contributed by atoms with Gasteiger partial charge >= 0.3 is 6.03 Å². The Balaban J connectivity index is 1.28. The van der Waals surface area contributed by atoms with Gasteiger partial charge in [-0.05, 0) is 55.2 Å². The van der Waals surface area contributed by atoms with E-state index >= 15 is 0 Å². The number of amides is 2. The number of aromatic nitrogens is 3. The number of hydrogen-bond acceptors (Lipinski definition) is 5. The lowest BCUT2D eigenvalue weighted by atomic mass is 9.87. The lowest BCUT2D eigenvalue weighted by Crippen LogP contribution is -2.50. The van der Waals surface area contributed by atoms with Crippen molar-refractivity contribution in [3.8, 4) is 0 Å². The molecule has 0 aliphatic carbocycles. The summed E-state index contributed by atoms with van der Waals surface area (Å²) in [6.07, 6.45) is 8.96. The Hall–Kier alpha value is -2.72. The number of carbonyl (C=O) groups excluding carboxylic acids is 1. The standard InChI is InChI=1S/C22H28N6O3S/c23-32(30,31)14-15-2-1-9-28(13-15)22(29)27-10-5-16(6-11-27)17-3-7-24-19-12-26-21-18(20(17)19)4-8-25-21/h3-4,7-8,12,15-16,24H,1-2,5-6,9-11,13-14H2,(H2,23,30,31). The van der Waals surface area contributed by atoms with E-state index in [-0.39, 0.29) is 17.7 Å². The third kappa shape index (κ3) is 4.16. The number of sulfonamides is 1. The van der Waals surface area contributed by atoms with Gasteiger partial charge in [-0.25, -0.2) is 28.3 Å². The molecular formula is C22H28N6O3S. The minimum absolute atomic E-state index is 0.0145. The SMILES string of the molecule is NS(=O)(=O)CC1CCCN(C(=O)N2CCC(c3cc[nH]c4cnc5nccc5c34)CC2)C1. The molecule has 2 aliphatic heterocycles. The summed E-state index contributed by atoms with van der Waals surface area (Å²) in [5, 5.41) is 7.44. The number of pyridine rings is 2. The van der Waals surface area contributed by atoms with Crippen LogP contribution in [0, 0.1) is 5.92 Å². The molecule has 170 valence electrons. The number of nitrogens with one attached hydrogen (secondary N) is 1. The Morgan fingerprint density at radius 2 is 1.94 bits per heavy atom. The average Bonchev–Trinajstić information content (AvgIpc) is 3.26. The zero-order valence-electron chi connectivity index (χ0n) is 17.9. The third-order valence-corrected chi connectivity index (χ3v) is 7.72. The maximum atomic E-state index is 13.1. The van der Waals surface area contributed by atoms with Crippen molar-refractivity contribution >= 4 is 38.0 Å². The van der Waals surface area contributed by atoms with E-state index in [0.29, 0.717) is 32.1 Å². The van der Waals surface area contributed by atoms with E-state index in [2.05, 4.69) is 21.0 Å². The van der Waals surface area contributed by atoms with Crippen molar-refractivity contribution in [2.45, 2.75) is 31.6 Å². The van der Waals surface area contributed by atoms with Gasteiger partial charge in [0.2, 0.25) is 10.0 Å². The first-order chi connectivity index (χ1) is 15.4. The van der Waals surface area contributed by atoms with E-state index in [1.165, 1.54) is 10.9 Å². The van der Waals surface area contributed by atoms with Gasteiger partial charge in [0.1, 0.15) is 0 Å². The van der Waals surface area contributed by atoms with E-state index in [1.54, 1.807) is 11.1 Å². The van der Waals surface area contributed by atoms with Gasteiger partial charge in [-0.2, -0.15) is 0 Å². The molecule has 0 aromatic carbocycles. The number of urea groups is 1. The zero-order chi connectivity index (χ0) is 22.3. The summed E-state index contributed by atoms with van der Waals surface area (Å²) in [6.45, 7) is 2.51. The van der Waals surface area contributed by atoms with Crippen LogP contribution >= 0.6 is 0 Å². The zero-order valence-corrected chi connectivity index (χ0v) is 18.7. The Morgan fingerprint density at radius 3 is 2.72 bits per heavy atom. The van der Waals surface area contributed by atoms with E-state index in [0.717, 1.165) is 42.2 Å². The van der Waals surface area contributed by atoms with Crippen LogP contribution in [0.1, 0.15) is 37.2 Å². The Kier molecular flexibility index (Phi) is 5.50. The van der Waals surface area contributed by atoms with Crippen LogP contribution in [0.15, 0.2) is 30.7 Å². The van der Waals surface area contributed by atoms with E-state index in [4.69, 9.17) is 5.14 Å². The van der Waals surface area contributed by atoms with Crippen molar-refractivity contribution in [2.24, 2.45) is 11.1 Å². The number of carbonyl (C=O) groups is 1. The fourth-order valence-electron chi connectivity index (χ4n) is 5.31. The van der Waals surface area contributed by atoms with Crippen molar-refractivity contribution in [1.82, 2.24) is 24.8 Å². The van der Waals surface area contributed by atoms with Crippen LogP contribution in [0.25, 0.3) is 21.9 Å². The molecule has 10 heteroatoms. The highest BCUT2D eigenvalue weighted by Crippen LogP contribution is 2.35. The molecular weight excluding hydrogens is 428 g/mol. The third-order valence-electron chi connectivity index (χ3n) is 6.79. The highest BCUT2D eigenvalue weighted by Gasteiger charge is 2.31. The van der Waals surface area contributed by atoms with Crippen molar-refractivity contribution in [3.63, 3.8) is 0 Å². The number of piperidine rings is 2. The molecule has 2 saturated heterocycles. The molecule has 2 fully saturated rings. The molecule has 2 aliphatic rings. The molecule has 5 heterocycles. The maximum Gasteiger partial charge on any atom is 0.320 e. The van der Waals surface area contributed by atoms with Gasteiger partial charge in [0.05, 0.1) is 17.5 Å². The fourth-order valence-corrected chi connectivity index (χ4v) is 6.24. The first-order valence-corrected chi connectivity index (χ1v) is 12.9. The van der Waals surface area contributed by atoms with Gasteiger partial charge < -0.3 is 14.8 Å². The molecule has 32 heavy (non-hydrogen) atoms. The van der Waals surface area contributed by atoms with Crippen LogP contribution < -0.4 is 5.14 Å². The van der Waals surface area contributed by atoms with Crippen LogP contribution in [0.5, 0.6) is 0 Å². The van der Waals surface area contributed by atoms with Crippen LogP contribution in [-0.2, 0) is 10.0 Å². The number of aromatic amines is 1. The monoisotopic (exact) mass is 456 g/mol. The molecule has 0 radical (unpaired) electrons. The molecule has 0 saturated carbocycles. The minimum Gasteiger partial charge on any atom is -0.360 e. The van der Waals surface area contributed by atoms with Crippen molar-refractivity contribution < 1.29 is 13.2 Å². The highest BCUT2D eigenvalue weighted by atomic mass is 32.2. The van der Waals surface area contributed by atoms with Crippen LogP contribution in [0.3, 0.4) is 0 Å². The lowest BCUT2D eigenvalue weighted by Gasteiger charge is -2.39. The highest BCUT2D eigenvalue weighted by molar-refractivity contribution is 7.89. The van der Waals surface area contributed by atoms with Gasteiger partial charge in [0, 0.05) is 49.3 Å². The number of H-pyrrole nitrogens is 1. The number of fused-ring (bicyclic) bond motifs is 3. The first-order valence-electron chi connectivity index (χ1n) is 11.1. The van der Waals surface area contributed by atoms with Crippen LogP contribution in [-0.4, -0.2) is 71.1 Å². The number of rotatable bonds is 3. The van der Waals surface area contributed by atoms with Crippen LogP contribution in [0.2, 0.25) is 0 Å². The molecule has 3 aromatic heterocycles. The summed E-state index contributed by atoms with van der Waals surface area (Å²) in [4.78, 5) is 28.9. The number of nitrogens with zero attached hydrogens (tertiary/aromatic N) is 4. The number of likely N-dealkylation sites (tertiary alicyclic amines) is 2. The first kappa shape index (κ1) is 21.1. The predicted molar refractivity (Wildman–Crippen MR) is 123 cm³/mol. The number of nitrogens with two attached hydrogens (primary N) is 1. The lowest BCUT2D eigenvalue weighted by molar-refractivity contribution is 0.121. The normalized spacial score (nSPS) is 20.8. The number of hydrogen-bond donors (Lipinski definition) is 2. The molecule has 0 spiro atoms. The molecule has 1 atom stereocenters. The molecule has 3 aromatic rings. The van der Waals surface area contributed by atoms with Gasteiger partial charge in [-0.15, -0.1) is 0 Å². The Labute approximate surface area is 187 Å². The smallest absolute Gasteiger partial charge is 0.320 e. The second-order valence-corrected chi connectivity index (χ2v) is 10.6. The van der Waals surface area contributed by atoms with E-state index in [1.807, 2.05) is 23.4 Å². The molecule has 5 rings (SSSR count). The van der Waals surface area contributed by atoms with Gasteiger partial charge in [0.25, 0.3) is 0 Å². The molecule has 0 bridgehead atoms. The average molecular weight is 457 g/mol. The van der Waals surface area contributed by atoms with E-state index in [9.17, 15) is 13.2 Å². The van der Waals surface area contributed by atoms with Gasteiger partial charge in [-0.3, -0.25) is 0 Å². The largest absolute Gasteiger partial charge is 0.360 e. The van der Waals surface area contributed by atoms with Gasteiger partial charge in [0.15, 0.2) is 5.65 Å². The molecule has 2 amide bonds. The number of primary sulfonamides is 1. The summed E-state index contributed by atoms with van der Waals surface area (Å²) in [7, 11) is -3.53. The summed E-state index contributed by atoms with van der Waals surface area (Å²) >= 11 is 0. The summed E-state index contributed by atoms with van der Waals surface area (Å²) < 4.78 is 22.9. The quantitative estimate of drug-likeness (QED) is 0.626. The van der Waals surface area contributed by atoms with Gasteiger partial charge in [-0.1, -0.05) is 0 Å². The van der Waals surface area contributed by atoms with Crippen molar-refractivity contribution in [1.29, 1.82) is 0 Å². The molecule has 9 nitrogen and oxygen atoms in total. The second kappa shape index (κ2) is 8.32. The maximum absolute atomic E-state index is 13.1. The topological polar surface area (TPSA) is 125 Å². The molecule has 3 N–H and O–H groups in total. The summed E-state index contributed by atoms with van der Waals surface area (Å²) in [5.74, 6) is 0.214. The molecule has 1 unspecified atom stereocenters. The Morgan fingerprint density at radius 1 is 1.12 bits per heavy atom. The van der Waals surface area contributed by atoms with Crippen molar-refractivity contribution in [2.75, 3.05) is 31.9 Å². The van der Waals surface area contributed by atoms with Crippen molar-refractivity contribution in [3.05, 3.63) is 36.3 Å².